The maximum atomic E-state index is 13.7. The van der Waals surface area contributed by atoms with E-state index in [1.807, 2.05) is 39.8 Å². The van der Waals surface area contributed by atoms with Crippen molar-refractivity contribution in [1.29, 1.82) is 0 Å². The number of nitrogens with zero attached hydrogens (tertiary/aromatic N) is 2. The van der Waals surface area contributed by atoms with Gasteiger partial charge in [-0.15, -0.1) is 11.3 Å². The molecule has 1 amide bonds. The first-order valence-corrected chi connectivity index (χ1v) is 13.4. The van der Waals surface area contributed by atoms with E-state index in [9.17, 15) is 9.59 Å². The molecule has 0 radical (unpaired) electrons. The third-order valence-electron chi connectivity index (χ3n) is 7.17. The summed E-state index contributed by atoms with van der Waals surface area (Å²) in [5.74, 6) is 0.993. The zero-order chi connectivity index (χ0) is 24.4. The third-order valence-corrected chi connectivity index (χ3v) is 8.36. The summed E-state index contributed by atoms with van der Waals surface area (Å²) in [6.45, 7) is 4.24. The summed E-state index contributed by atoms with van der Waals surface area (Å²) in [6, 6.07) is 18.6. The summed E-state index contributed by atoms with van der Waals surface area (Å²) in [5.41, 5.74) is 2.21. The number of carbonyl (C=O) groups excluding carboxylic acids is 1. The Morgan fingerprint density at radius 2 is 1.77 bits per heavy atom. The van der Waals surface area contributed by atoms with Gasteiger partial charge in [0.25, 0.3) is 11.5 Å². The first kappa shape index (κ1) is 23.6. The van der Waals surface area contributed by atoms with Crippen LogP contribution in [0.5, 0.6) is 5.75 Å². The second-order valence-electron chi connectivity index (χ2n) is 9.42. The molecule has 1 fully saturated rings. The number of methoxy groups -OCH3 is 1. The zero-order valence-corrected chi connectivity index (χ0v) is 21.3. The van der Waals surface area contributed by atoms with Gasteiger partial charge >= 0.3 is 0 Å². The van der Waals surface area contributed by atoms with E-state index >= 15 is 0 Å². The van der Waals surface area contributed by atoms with Crippen molar-refractivity contribution in [2.45, 2.75) is 45.6 Å². The second-order valence-corrected chi connectivity index (χ2v) is 10.4. The van der Waals surface area contributed by atoms with Gasteiger partial charge in [0, 0.05) is 25.0 Å². The summed E-state index contributed by atoms with van der Waals surface area (Å²) in [4.78, 5) is 29.8. The maximum Gasteiger partial charge on any atom is 0.267 e. The minimum Gasteiger partial charge on any atom is -0.494 e. The predicted molar refractivity (Wildman–Crippen MR) is 144 cm³/mol. The highest BCUT2D eigenvalue weighted by atomic mass is 32.1. The SMILES string of the molecule is CCCCn1c(=O)c2c(OC)c(C(=O)N3CCC(Cc4ccccc4)CC3)sc2c2ccccc21. The van der Waals surface area contributed by atoms with Crippen LogP contribution in [0.4, 0.5) is 0 Å². The fourth-order valence-corrected chi connectivity index (χ4v) is 6.51. The number of amides is 1. The van der Waals surface area contributed by atoms with Crippen molar-refractivity contribution in [2.24, 2.45) is 5.92 Å². The topological polar surface area (TPSA) is 51.5 Å². The number of unbranched alkanes of at least 4 members (excludes halogenated alkanes) is 1. The van der Waals surface area contributed by atoms with Gasteiger partial charge in [0.15, 0.2) is 5.75 Å². The number of likely N-dealkylation sites (tertiary alicyclic amines) is 1. The van der Waals surface area contributed by atoms with Gasteiger partial charge in [-0.2, -0.15) is 0 Å². The normalized spacial score (nSPS) is 14.6. The molecule has 0 saturated carbocycles. The fraction of sp³-hybridized carbons (Fsp3) is 0.379. The van der Waals surface area contributed by atoms with Crippen molar-refractivity contribution in [3.8, 4) is 5.75 Å². The molecule has 3 heterocycles. The highest BCUT2D eigenvalue weighted by Gasteiger charge is 2.30. The molecule has 5 rings (SSSR count). The van der Waals surface area contributed by atoms with Crippen LogP contribution < -0.4 is 10.3 Å². The molecule has 0 atom stereocenters. The molecule has 0 unspecified atom stereocenters. The van der Waals surface area contributed by atoms with Crippen LogP contribution in [-0.2, 0) is 13.0 Å². The first-order valence-electron chi connectivity index (χ1n) is 12.6. The lowest BCUT2D eigenvalue weighted by Crippen LogP contribution is -2.38. The van der Waals surface area contributed by atoms with Gasteiger partial charge in [-0.3, -0.25) is 9.59 Å². The zero-order valence-electron chi connectivity index (χ0n) is 20.5. The summed E-state index contributed by atoms with van der Waals surface area (Å²) < 4.78 is 8.44. The van der Waals surface area contributed by atoms with Crippen molar-refractivity contribution in [3.63, 3.8) is 0 Å². The molecule has 5 nitrogen and oxygen atoms in total. The van der Waals surface area contributed by atoms with Crippen LogP contribution in [0, 0.1) is 5.92 Å². The highest BCUT2D eigenvalue weighted by molar-refractivity contribution is 7.22. The van der Waals surface area contributed by atoms with Crippen molar-refractivity contribution in [2.75, 3.05) is 20.2 Å². The molecule has 4 aromatic rings. The summed E-state index contributed by atoms with van der Waals surface area (Å²) in [7, 11) is 1.56. The van der Waals surface area contributed by atoms with Crippen molar-refractivity contribution in [3.05, 3.63) is 75.4 Å². The minimum absolute atomic E-state index is 0.0233. The molecule has 182 valence electrons. The van der Waals surface area contributed by atoms with Gasteiger partial charge < -0.3 is 14.2 Å². The molecule has 6 heteroatoms. The van der Waals surface area contributed by atoms with Crippen molar-refractivity contribution >= 4 is 38.2 Å². The van der Waals surface area contributed by atoms with E-state index in [2.05, 4.69) is 31.2 Å². The number of thiophene rings is 1. The molecule has 1 saturated heterocycles. The lowest BCUT2D eigenvalue weighted by Gasteiger charge is -2.32. The van der Waals surface area contributed by atoms with Crippen LogP contribution in [0.1, 0.15) is 47.8 Å². The molecule has 2 aromatic carbocycles. The number of hydrogen-bond donors (Lipinski definition) is 0. The van der Waals surface area contributed by atoms with Crippen LogP contribution in [0.15, 0.2) is 59.4 Å². The number of piperidine rings is 1. The number of pyridine rings is 1. The van der Waals surface area contributed by atoms with Gasteiger partial charge in [0.1, 0.15) is 10.3 Å². The Kier molecular flexibility index (Phi) is 6.91. The number of para-hydroxylation sites is 1. The van der Waals surface area contributed by atoms with Crippen LogP contribution in [0.25, 0.3) is 21.0 Å². The standard InChI is InChI=1S/C29H32N2O3S/c1-3-4-16-31-23-13-9-8-12-22(23)26-24(28(31)32)25(34-2)27(35-26)29(33)30-17-14-21(15-18-30)19-20-10-6-5-7-11-20/h5-13,21H,3-4,14-19H2,1-2H3. The van der Waals surface area contributed by atoms with E-state index in [-0.39, 0.29) is 11.5 Å². The number of aryl methyl sites for hydroxylation is 1. The number of rotatable bonds is 7. The Morgan fingerprint density at radius 3 is 2.49 bits per heavy atom. The molecule has 0 bridgehead atoms. The number of benzene rings is 2. The van der Waals surface area contributed by atoms with E-state index in [4.69, 9.17) is 4.74 Å². The Morgan fingerprint density at radius 1 is 1.06 bits per heavy atom. The Labute approximate surface area is 209 Å². The van der Waals surface area contributed by atoms with Gasteiger partial charge in [-0.1, -0.05) is 61.9 Å². The third kappa shape index (κ3) is 4.47. The largest absolute Gasteiger partial charge is 0.494 e. The van der Waals surface area contributed by atoms with Crippen molar-refractivity contribution in [1.82, 2.24) is 9.47 Å². The van der Waals surface area contributed by atoms with Crippen LogP contribution in [0.3, 0.4) is 0 Å². The summed E-state index contributed by atoms with van der Waals surface area (Å²) >= 11 is 1.40. The lowest BCUT2D eigenvalue weighted by molar-refractivity contribution is 0.0692. The van der Waals surface area contributed by atoms with Gasteiger partial charge in [-0.05, 0) is 43.2 Å². The molecule has 2 aromatic heterocycles. The molecule has 0 spiro atoms. The number of ether oxygens (including phenoxy) is 1. The summed E-state index contributed by atoms with van der Waals surface area (Å²) in [5, 5.41) is 1.54. The van der Waals surface area contributed by atoms with Crippen LogP contribution >= 0.6 is 11.3 Å². The number of fused-ring (bicyclic) bond motifs is 3. The minimum atomic E-state index is -0.0686. The van der Waals surface area contributed by atoms with Crippen molar-refractivity contribution < 1.29 is 9.53 Å². The Hall–Kier alpha value is -3.12. The predicted octanol–water partition coefficient (Wildman–Crippen LogP) is 6.12. The Balaban J connectivity index is 1.47. The maximum absolute atomic E-state index is 13.7. The van der Waals surface area contributed by atoms with E-state index in [1.54, 1.807) is 7.11 Å². The molecular formula is C29H32N2O3S. The van der Waals surface area contributed by atoms with Gasteiger partial charge in [-0.25, -0.2) is 0 Å². The number of hydrogen-bond acceptors (Lipinski definition) is 4. The smallest absolute Gasteiger partial charge is 0.267 e. The van der Waals surface area contributed by atoms with E-state index in [1.165, 1.54) is 16.9 Å². The Bertz CT molecular complexity index is 1400. The molecule has 35 heavy (non-hydrogen) atoms. The first-order chi connectivity index (χ1) is 17.1. The van der Waals surface area contributed by atoms with E-state index < -0.39 is 0 Å². The second kappa shape index (κ2) is 10.2. The molecular weight excluding hydrogens is 456 g/mol. The molecule has 1 aliphatic rings. The molecule has 0 aliphatic carbocycles. The number of carbonyl (C=O) groups is 1. The van der Waals surface area contributed by atoms with Crippen LogP contribution in [0.2, 0.25) is 0 Å². The van der Waals surface area contributed by atoms with E-state index in [0.29, 0.717) is 28.5 Å². The lowest BCUT2D eigenvalue weighted by atomic mass is 9.90. The molecule has 1 aliphatic heterocycles. The monoisotopic (exact) mass is 488 g/mol. The van der Waals surface area contributed by atoms with Crippen LogP contribution in [-0.4, -0.2) is 35.6 Å². The fourth-order valence-electron chi connectivity index (χ4n) is 5.25. The quantitative estimate of drug-likeness (QED) is 0.315. The van der Waals surface area contributed by atoms with E-state index in [0.717, 1.165) is 60.8 Å². The van der Waals surface area contributed by atoms with Gasteiger partial charge in [0.2, 0.25) is 0 Å². The van der Waals surface area contributed by atoms with Gasteiger partial charge in [0.05, 0.1) is 17.3 Å². The highest BCUT2D eigenvalue weighted by Crippen LogP contribution is 2.40. The average Bonchev–Trinajstić information content (AvgIpc) is 3.29. The summed E-state index contributed by atoms with van der Waals surface area (Å²) in [6.07, 6.45) is 4.95. The average molecular weight is 489 g/mol. The number of aromatic nitrogens is 1. The molecule has 0 N–H and O–H groups in total.